The molecule has 2 heterocycles. The largest absolute Gasteiger partial charge is 0.373 e. The molecule has 2 unspecified atom stereocenters. The summed E-state index contributed by atoms with van der Waals surface area (Å²) in [5.41, 5.74) is 6.28. The molecule has 2 aromatic carbocycles. The van der Waals surface area contributed by atoms with Gasteiger partial charge >= 0.3 is 0 Å². The summed E-state index contributed by atoms with van der Waals surface area (Å²) in [5, 5.41) is 12.6. The summed E-state index contributed by atoms with van der Waals surface area (Å²) in [6.45, 7) is 4.92. The third-order valence-electron chi connectivity index (χ3n) is 5.50. The van der Waals surface area contributed by atoms with Crippen molar-refractivity contribution in [3.8, 4) is 6.07 Å². The molecule has 1 saturated heterocycles. The molecule has 122 valence electrons. The van der Waals surface area contributed by atoms with Crippen molar-refractivity contribution in [3.05, 3.63) is 70.3 Å². The standard InChI is InChI=1S/C21H22N2O/c1-15-2-5-18-13-23-14-21(19(18)10-15)8-9-24-20(11-21)17-6-3-16(12-22)4-7-17/h2-7,10,20,23H,8-9,11,13-14H2,1H3. The van der Waals surface area contributed by atoms with Crippen molar-refractivity contribution in [2.24, 2.45) is 0 Å². The van der Waals surface area contributed by atoms with Crippen LogP contribution in [-0.4, -0.2) is 13.2 Å². The Bertz CT molecular complexity index is 790. The lowest BCUT2D eigenvalue weighted by molar-refractivity contribution is -0.0247. The second kappa shape index (κ2) is 6.05. The van der Waals surface area contributed by atoms with Gasteiger partial charge in [-0.2, -0.15) is 5.26 Å². The quantitative estimate of drug-likeness (QED) is 0.871. The number of nitrogens with one attached hydrogen (secondary N) is 1. The molecule has 0 saturated carbocycles. The van der Waals surface area contributed by atoms with Gasteiger partial charge in [0.1, 0.15) is 0 Å². The molecule has 2 atom stereocenters. The topological polar surface area (TPSA) is 45.0 Å². The van der Waals surface area contributed by atoms with Gasteiger partial charge in [0.15, 0.2) is 0 Å². The van der Waals surface area contributed by atoms with Crippen LogP contribution in [0.2, 0.25) is 0 Å². The molecule has 1 fully saturated rings. The van der Waals surface area contributed by atoms with Gasteiger partial charge in [-0.25, -0.2) is 0 Å². The minimum absolute atomic E-state index is 0.0970. The van der Waals surface area contributed by atoms with E-state index in [-0.39, 0.29) is 11.5 Å². The Morgan fingerprint density at radius 2 is 2.04 bits per heavy atom. The zero-order chi connectivity index (χ0) is 16.6. The highest BCUT2D eigenvalue weighted by atomic mass is 16.5. The molecule has 1 N–H and O–H groups in total. The Labute approximate surface area is 143 Å². The highest BCUT2D eigenvalue weighted by Crippen LogP contribution is 2.45. The first-order valence-electron chi connectivity index (χ1n) is 8.63. The Morgan fingerprint density at radius 3 is 2.83 bits per heavy atom. The van der Waals surface area contributed by atoms with E-state index in [9.17, 15) is 0 Å². The van der Waals surface area contributed by atoms with Crippen LogP contribution in [0.5, 0.6) is 0 Å². The molecule has 2 aromatic rings. The summed E-state index contributed by atoms with van der Waals surface area (Å²) in [7, 11) is 0. The van der Waals surface area contributed by atoms with Crippen LogP contribution in [0.15, 0.2) is 42.5 Å². The molecule has 2 aliphatic heterocycles. The first kappa shape index (κ1) is 15.4. The van der Waals surface area contributed by atoms with E-state index in [0.717, 1.165) is 32.5 Å². The number of rotatable bonds is 1. The van der Waals surface area contributed by atoms with Gasteiger partial charge in [-0.1, -0.05) is 35.9 Å². The number of benzene rings is 2. The summed E-state index contributed by atoms with van der Waals surface area (Å²) >= 11 is 0. The zero-order valence-electron chi connectivity index (χ0n) is 14.0. The van der Waals surface area contributed by atoms with Gasteiger partial charge in [0, 0.05) is 25.1 Å². The summed E-state index contributed by atoms with van der Waals surface area (Å²) in [6, 6.07) is 16.9. The van der Waals surface area contributed by atoms with Gasteiger partial charge in [-0.15, -0.1) is 0 Å². The first-order valence-corrected chi connectivity index (χ1v) is 8.63. The van der Waals surface area contributed by atoms with Crippen LogP contribution in [0.4, 0.5) is 0 Å². The molecule has 1 spiro atoms. The Kier molecular flexibility index (Phi) is 3.88. The maximum Gasteiger partial charge on any atom is 0.0991 e. The minimum Gasteiger partial charge on any atom is -0.373 e. The lowest BCUT2D eigenvalue weighted by atomic mass is 9.68. The third-order valence-corrected chi connectivity index (χ3v) is 5.50. The van der Waals surface area contributed by atoms with Gasteiger partial charge in [0.2, 0.25) is 0 Å². The maximum atomic E-state index is 8.98. The van der Waals surface area contributed by atoms with Crippen LogP contribution in [0, 0.1) is 18.3 Å². The number of nitriles is 1. The van der Waals surface area contributed by atoms with Crippen molar-refractivity contribution in [3.63, 3.8) is 0 Å². The van der Waals surface area contributed by atoms with E-state index in [1.54, 1.807) is 0 Å². The highest BCUT2D eigenvalue weighted by Gasteiger charge is 2.41. The van der Waals surface area contributed by atoms with E-state index in [1.807, 2.05) is 24.3 Å². The molecule has 0 aromatic heterocycles. The predicted octanol–water partition coefficient (Wildman–Crippen LogP) is 3.76. The smallest absolute Gasteiger partial charge is 0.0991 e. The van der Waals surface area contributed by atoms with Gasteiger partial charge in [0.05, 0.1) is 17.7 Å². The second-order valence-corrected chi connectivity index (χ2v) is 7.09. The molecule has 4 rings (SSSR count). The maximum absolute atomic E-state index is 8.98. The van der Waals surface area contributed by atoms with Crippen molar-refractivity contribution in [2.45, 2.75) is 37.8 Å². The fourth-order valence-corrected chi connectivity index (χ4v) is 4.17. The molecular weight excluding hydrogens is 296 g/mol. The molecule has 0 radical (unpaired) electrons. The van der Waals surface area contributed by atoms with Crippen LogP contribution in [0.3, 0.4) is 0 Å². The van der Waals surface area contributed by atoms with E-state index in [2.05, 4.69) is 36.5 Å². The Hall–Kier alpha value is -2.15. The van der Waals surface area contributed by atoms with Gasteiger partial charge in [-0.05, 0) is 48.6 Å². The SMILES string of the molecule is Cc1ccc2c(c1)C1(CCOC(c3ccc(C#N)cc3)C1)CNC2. The first-order chi connectivity index (χ1) is 11.7. The van der Waals surface area contributed by atoms with E-state index >= 15 is 0 Å². The average molecular weight is 318 g/mol. The predicted molar refractivity (Wildman–Crippen MR) is 93.6 cm³/mol. The van der Waals surface area contributed by atoms with Crippen LogP contribution in [-0.2, 0) is 16.7 Å². The third kappa shape index (κ3) is 2.62. The van der Waals surface area contributed by atoms with Gasteiger partial charge < -0.3 is 10.1 Å². The molecule has 0 aliphatic carbocycles. The van der Waals surface area contributed by atoms with E-state index in [4.69, 9.17) is 10.00 Å². The number of hydrogen-bond acceptors (Lipinski definition) is 3. The number of fused-ring (bicyclic) bond motifs is 2. The van der Waals surface area contributed by atoms with E-state index in [1.165, 1.54) is 22.3 Å². The number of hydrogen-bond donors (Lipinski definition) is 1. The molecule has 24 heavy (non-hydrogen) atoms. The van der Waals surface area contributed by atoms with Crippen molar-refractivity contribution >= 4 is 0 Å². The number of ether oxygens (including phenoxy) is 1. The Morgan fingerprint density at radius 1 is 1.21 bits per heavy atom. The normalized spacial score (nSPS) is 25.9. The number of nitrogens with zero attached hydrogens (tertiary/aromatic N) is 1. The van der Waals surface area contributed by atoms with Crippen molar-refractivity contribution < 1.29 is 4.74 Å². The number of aryl methyl sites for hydroxylation is 1. The second-order valence-electron chi connectivity index (χ2n) is 7.09. The van der Waals surface area contributed by atoms with Crippen LogP contribution >= 0.6 is 0 Å². The van der Waals surface area contributed by atoms with Crippen LogP contribution < -0.4 is 5.32 Å². The molecule has 3 nitrogen and oxygen atoms in total. The van der Waals surface area contributed by atoms with Crippen molar-refractivity contribution in [1.29, 1.82) is 5.26 Å². The fourth-order valence-electron chi connectivity index (χ4n) is 4.17. The van der Waals surface area contributed by atoms with Gasteiger partial charge in [-0.3, -0.25) is 0 Å². The molecular formula is C21H22N2O. The zero-order valence-corrected chi connectivity index (χ0v) is 14.0. The summed E-state index contributed by atoms with van der Waals surface area (Å²) in [5.74, 6) is 0. The Balaban J connectivity index is 1.68. The summed E-state index contributed by atoms with van der Waals surface area (Å²) in [4.78, 5) is 0. The lowest BCUT2D eigenvalue weighted by Gasteiger charge is -2.45. The van der Waals surface area contributed by atoms with Crippen LogP contribution in [0.1, 0.15) is 46.8 Å². The van der Waals surface area contributed by atoms with Crippen molar-refractivity contribution in [2.75, 3.05) is 13.2 Å². The summed E-state index contributed by atoms with van der Waals surface area (Å²) in [6.07, 6.45) is 2.14. The molecule has 0 amide bonds. The van der Waals surface area contributed by atoms with Crippen LogP contribution in [0.25, 0.3) is 0 Å². The average Bonchev–Trinajstić information content (AvgIpc) is 2.63. The monoisotopic (exact) mass is 318 g/mol. The van der Waals surface area contributed by atoms with E-state index < -0.39 is 0 Å². The molecule has 0 bridgehead atoms. The van der Waals surface area contributed by atoms with E-state index in [0.29, 0.717) is 5.56 Å². The lowest BCUT2D eigenvalue weighted by Crippen LogP contribution is -2.47. The molecule has 3 heteroatoms. The van der Waals surface area contributed by atoms with Crippen molar-refractivity contribution in [1.82, 2.24) is 5.32 Å². The van der Waals surface area contributed by atoms with Gasteiger partial charge in [0.25, 0.3) is 0 Å². The highest BCUT2D eigenvalue weighted by molar-refractivity contribution is 5.41. The fraction of sp³-hybridized carbons (Fsp3) is 0.381. The minimum atomic E-state index is 0.0970. The molecule has 2 aliphatic rings. The summed E-state index contributed by atoms with van der Waals surface area (Å²) < 4.78 is 6.10.